The maximum atomic E-state index is 9.44. The van der Waals surface area contributed by atoms with E-state index in [1.165, 1.54) is 18.5 Å². The van der Waals surface area contributed by atoms with E-state index in [-0.39, 0.29) is 0 Å². The van der Waals surface area contributed by atoms with Crippen molar-refractivity contribution >= 4 is 5.69 Å². The van der Waals surface area contributed by atoms with Gasteiger partial charge in [0.25, 0.3) is 0 Å². The Morgan fingerprint density at radius 2 is 2.12 bits per heavy atom. The molecule has 1 aromatic rings. The summed E-state index contributed by atoms with van der Waals surface area (Å²) in [5.74, 6) is 0.752. The Bertz CT molecular complexity index is 361. The van der Waals surface area contributed by atoms with Crippen molar-refractivity contribution in [1.82, 2.24) is 4.98 Å². The zero-order valence-electron chi connectivity index (χ0n) is 10.9. The summed E-state index contributed by atoms with van der Waals surface area (Å²) in [5, 5.41) is 9.44. The predicted octanol–water partition coefficient (Wildman–Crippen LogP) is 2.76. The fraction of sp³-hybridized carbons (Fsp3) is 0.643. The van der Waals surface area contributed by atoms with E-state index >= 15 is 0 Å². The Morgan fingerprint density at radius 3 is 2.71 bits per heavy atom. The maximum absolute atomic E-state index is 9.44. The van der Waals surface area contributed by atoms with Gasteiger partial charge in [0.15, 0.2) is 0 Å². The quantitative estimate of drug-likeness (QED) is 0.854. The van der Waals surface area contributed by atoms with Crippen LogP contribution in [0.5, 0.6) is 0 Å². The Kier molecular flexibility index (Phi) is 3.67. The molecule has 0 radical (unpaired) electrons. The van der Waals surface area contributed by atoms with Crippen LogP contribution >= 0.6 is 0 Å². The molecule has 3 nitrogen and oxygen atoms in total. The minimum absolute atomic E-state index is 0.484. The SMILES string of the molecule is CC1CCC(C)N(c2ccc(C(C)O)nc2)C1. The largest absolute Gasteiger partial charge is 0.387 e. The monoisotopic (exact) mass is 234 g/mol. The first kappa shape index (κ1) is 12.4. The zero-order valence-corrected chi connectivity index (χ0v) is 10.9. The first-order chi connectivity index (χ1) is 8.08. The Morgan fingerprint density at radius 1 is 1.35 bits per heavy atom. The number of piperidine rings is 1. The van der Waals surface area contributed by atoms with E-state index in [1.54, 1.807) is 6.92 Å². The van der Waals surface area contributed by atoms with Crippen LogP contribution < -0.4 is 4.90 Å². The van der Waals surface area contributed by atoms with Gasteiger partial charge in [-0.25, -0.2) is 0 Å². The summed E-state index contributed by atoms with van der Waals surface area (Å²) in [4.78, 5) is 6.74. The van der Waals surface area contributed by atoms with Crippen LogP contribution in [-0.4, -0.2) is 22.7 Å². The molecule has 0 bridgehead atoms. The van der Waals surface area contributed by atoms with Crippen molar-refractivity contribution in [2.45, 2.75) is 45.8 Å². The summed E-state index contributed by atoms with van der Waals surface area (Å²) >= 11 is 0. The van der Waals surface area contributed by atoms with E-state index in [9.17, 15) is 5.11 Å². The molecule has 0 spiro atoms. The molecule has 1 aliphatic heterocycles. The summed E-state index contributed by atoms with van der Waals surface area (Å²) < 4.78 is 0. The maximum Gasteiger partial charge on any atom is 0.0931 e. The average molecular weight is 234 g/mol. The van der Waals surface area contributed by atoms with Gasteiger partial charge in [0, 0.05) is 12.6 Å². The molecule has 1 aromatic heterocycles. The number of aliphatic hydroxyl groups excluding tert-OH is 1. The van der Waals surface area contributed by atoms with Gasteiger partial charge in [0.05, 0.1) is 23.7 Å². The van der Waals surface area contributed by atoms with Crippen LogP contribution in [0.2, 0.25) is 0 Å². The van der Waals surface area contributed by atoms with Crippen molar-refractivity contribution in [3.63, 3.8) is 0 Å². The molecule has 3 unspecified atom stereocenters. The van der Waals surface area contributed by atoms with Gasteiger partial charge >= 0.3 is 0 Å². The molecule has 2 heterocycles. The van der Waals surface area contributed by atoms with Crippen molar-refractivity contribution in [3.05, 3.63) is 24.0 Å². The molecular weight excluding hydrogens is 212 g/mol. The number of aromatic nitrogens is 1. The molecule has 0 saturated carbocycles. The van der Waals surface area contributed by atoms with Crippen LogP contribution in [0, 0.1) is 5.92 Å². The number of aliphatic hydroxyl groups is 1. The Balaban J connectivity index is 2.15. The lowest BCUT2D eigenvalue weighted by Crippen LogP contribution is -2.41. The normalized spacial score (nSPS) is 26.9. The number of hydrogen-bond acceptors (Lipinski definition) is 3. The van der Waals surface area contributed by atoms with Gasteiger partial charge in [-0.1, -0.05) is 6.92 Å². The highest BCUT2D eigenvalue weighted by Gasteiger charge is 2.23. The summed E-state index contributed by atoms with van der Waals surface area (Å²) in [5.41, 5.74) is 1.92. The fourth-order valence-electron chi connectivity index (χ4n) is 2.46. The molecule has 0 aliphatic carbocycles. The van der Waals surface area contributed by atoms with Crippen LogP contribution in [0.3, 0.4) is 0 Å². The van der Waals surface area contributed by atoms with Crippen molar-refractivity contribution in [1.29, 1.82) is 0 Å². The summed E-state index contributed by atoms with van der Waals surface area (Å²) in [7, 11) is 0. The van der Waals surface area contributed by atoms with E-state index < -0.39 is 6.10 Å². The third kappa shape index (κ3) is 2.78. The molecule has 1 N–H and O–H groups in total. The van der Waals surface area contributed by atoms with Crippen molar-refractivity contribution in [2.75, 3.05) is 11.4 Å². The molecule has 2 rings (SSSR count). The lowest BCUT2D eigenvalue weighted by Gasteiger charge is -2.38. The fourth-order valence-corrected chi connectivity index (χ4v) is 2.46. The third-order valence-electron chi connectivity index (χ3n) is 3.65. The molecule has 1 saturated heterocycles. The van der Waals surface area contributed by atoms with Gasteiger partial charge in [-0.3, -0.25) is 4.98 Å². The minimum atomic E-state index is -0.484. The standard InChI is InChI=1S/C14H22N2O/c1-10-4-5-11(2)16(9-10)13-6-7-14(12(3)17)15-8-13/h6-8,10-12,17H,4-5,9H2,1-3H3. The van der Waals surface area contributed by atoms with Crippen molar-refractivity contribution in [2.24, 2.45) is 5.92 Å². The molecular formula is C14H22N2O. The first-order valence-corrected chi connectivity index (χ1v) is 6.48. The lowest BCUT2D eigenvalue weighted by atomic mass is 9.94. The number of pyridine rings is 1. The van der Waals surface area contributed by atoms with Gasteiger partial charge < -0.3 is 10.0 Å². The van der Waals surface area contributed by atoms with Gasteiger partial charge in [-0.05, 0) is 44.7 Å². The van der Waals surface area contributed by atoms with Crippen molar-refractivity contribution < 1.29 is 5.11 Å². The van der Waals surface area contributed by atoms with Crippen LogP contribution in [0.25, 0.3) is 0 Å². The van der Waals surface area contributed by atoms with Crippen molar-refractivity contribution in [3.8, 4) is 0 Å². The number of hydrogen-bond donors (Lipinski definition) is 1. The average Bonchev–Trinajstić information content (AvgIpc) is 2.32. The second-order valence-electron chi connectivity index (χ2n) is 5.30. The van der Waals surface area contributed by atoms with Gasteiger partial charge in [-0.15, -0.1) is 0 Å². The predicted molar refractivity (Wildman–Crippen MR) is 70.1 cm³/mol. The Labute approximate surface area is 103 Å². The second-order valence-corrected chi connectivity index (χ2v) is 5.30. The van der Waals surface area contributed by atoms with Crippen LogP contribution in [0.15, 0.2) is 18.3 Å². The molecule has 17 heavy (non-hydrogen) atoms. The first-order valence-electron chi connectivity index (χ1n) is 6.48. The summed E-state index contributed by atoms with van der Waals surface area (Å²) in [6.45, 7) is 7.43. The molecule has 0 amide bonds. The number of rotatable bonds is 2. The van der Waals surface area contributed by atoms with E-state index in [4.69, 9.17) is 0 Å². The zero-order chi connectivity index (χ0) is 12.4. The van der Waals surface area contributed by atoms with Gasteiger partial charge in [0.1, 0.15) is 0 Å². The molecule has 94 valence electrons. The summed E-state index contributed by atoms with van der Waals surface area (Å²) in [6.07, 6.45) is 3.97. The summed E-state index contributed by atoms with van der Waals surface area (Å²) in [6, 6.07) is 4.58. The lowest BCUT2D eigenvalue weighted by molar-refractivity contribution is 0.194. The topological polar surface area (TPSA) is 36.4 Å². The van der Waals surface area contributed by atoms with Crippen LogP contribution in [0.4, 0.5) is 5.69 Å². The highest BCUT2D eigenvalue weighted by molar-refractivity contribution is 5.46. The minimum Gasteiger partial charge on any atom is -0.387 e. The molecule has 3 atom stereocenters. The molecule has 0 aromatic carbocycles. The van der Waals surface area contributed by atoms with E-state index in [2.05, 4.69) is 29.8 Å². The molecule has 1 aliphatic rings. The highest BCUT2D eigenvalue weighted by atomic mass is 16.3. The molecule has 1 fully saturated rings. The second kappa shape index (κ2) is 5.05. The number of anilines is 1. The Hall–Kier alpha value is -1.09. The smallest absolute Gasteiger partial charge is 0.0931 e. The highest BCUT2D eigenvalue weighted by Crippen LogP contribution is 2.27. The van der Waals surface area contributed by atoms with Crippen LogP contribution in [-0.2, 0) is 0 Å². The number of nitrogens with zero attached hydrogens (tertiary/aromatic N) is 2. The molecule has 3 heteroatoms. The van der Waals surface area contributed by atoms with Gasteiger partial charge in [0.2, 0.25) is 0 Å². The van der Waals surface area contributed by atoms with E-state index in [0.717, 1.165) is 18.2 Å². The van der Waals surface area contributed by atoms with Crippen LogP contribution in [0.1, 0.15) is 45.4 Å². The van der Waals surface area contributed by atoms with E-state index in [0.29, 0.717) is 6.04 Å². The third-order valence-corrected chi connectivity index (χ3v) is 3.65. The van der Waals surface area contributed by atoms with E-state index in [1.807, 2.05) is 12.3 Å². The van der Waals surface area contributed by atoms with Gasteiger partial charge in [-0.2, -0.15) is 0 Å².